The van der Waals surface area contributed by atoms with Gasteiger partial charge in [0, 0.05) is 12.8 Å². The van der Waals surface area contributed by atoms with Gasteiger partial charge in [-0.3, -0.25) is 4.79 Å². The fourth-order valence-corrected chi connectivity index (χ4v) is 1.77. The van der Waals surface area contributed by atoms with Gasteiger partial charge >= 0.3 is 0 Å². The summed E-state index contributed by atoms with van der Waals surface area (Å²) in [4.78, 5) is 11.7. The van der Waals surface area contributed by atoms with Gasteiger partial charge in [0.1, 0.15) is 11.6 Å². The molecule has 0 amide bonds. The van der Waals surface area contributed by atoms with Crippen LogP contribution >= 0.6 is 0 Å². The summed E-state index contributed by atoms with van der Waals surface area (Å²) in [6.07, 6.45) is 3.86. The second-order valence-electron chi connectivity index (χ2n) is 3.63. The summed E-state index contributed by atoms with van der Waals surface area (Å²) in [7, 11) is 0. The Labute approximate surface area is 87.7 Å². The van der Waals surface area contributed by atoms with Crippen molar-refractivity contribution < 1.29 is 4.74 Å². The van der Waals surface area contributed by atoms with Crippen LogP contribution in [0.5, 0.6) is 0 Å². The molecular weight excluding hydrogens is 192 g/mol. The molecule has 0 radical (unpaired) electrons. The first-order valence-electron chi connectivity index (χ1n) is 5.02. The van der Waals surface area contributed by atoms with E-state index in [1.807, 2.05) is 6.07 Å². The molecule has 2 heterocycles. The third kappa shape index (κ3) is 2.08. The van der Waals surface area contributed by atoms with Crippen molar-refractivity contribution in [1.29, 1.82) is 5.26 Å². The highest BCUT2D eigenvalue weighted by Gasteiger charge is 2.16. The van der Waals surface area contributed by atoms with Crippen LogP contribution in [0.4, 0.5) is 0 Å². The van der Waals surface area contributed by atoms with Crippen LogP contribution in [0.25, 0.3) is 0 Å². The van der Waals surface area contributed by atoms with Crippen LogP contribution in [-0.4, -0.2) is 17.3 Å². The van der Waals surface area contributed by atoms with Crippen LogP contribution in [0.2, 0.25) is 0 Å². The van der Waals surface area contributed by atoms with Gasteiger partial charge in [-0.1, -0.05) is 0 Å². The SMILES string of the molecule is N#Cc1cccn(CC2CCCO2)c1=O. The summed E-state index contributed by atoms with van der Waals surface area (Å²) in [5.41, 5.74) is -0.0361. The first-order valence-corrected chi connectivity index (χ1v) is 5.02. The monoisotopic (exact) mass is 204 g/mol. The second-order valence-corrected chi connectivity index (χ2v) is 3.63. The zero-order valence-corrected chi connectivity index (χ0v) is 8.35. The van der Waals surface area contributed by atoms with Crippen molar-refractivity contribution in [2.45, 2.75) is 25.5 Å². The Morgan fingerprint density at radius 3 is 3.20 bits per heavy atom. The largest absolute Gasteiger partial charge is 0.376 e. The minimum atomic E-state index is -0.226. The van der Waals surface area contributed by atoms with E-state index < -0.39 is 0 Å². The molecule has 0 aliphatic carbocycles. The Morgan fingerprint density at radius 1 is 1.67 bits per heavy atom. The van der Waals surface area contributed by atoms with Crippen molar-refractivity contribution in [3.63, 3.8) is 0 Å². The average Bonchev–Trinajstić information content (AvgIpc) is 2.74. The van der Waals surface area contributed by atoms with E-state index in [9.17, 15) is 4.79 Å². The summed E-state index contributed by atoms with van der Waals surface area (Å²) < 4.78 is 6.99. The smallest absolute Gasteiger partial charge is 0.268 e. The number of nitrogens with zero attached hydrogens (tertiary/aromatic N) is 2. The first-order chi connectivity index (χ1) is 7.31. The molecule has 1 aromatic heterocycles. The van der Waals surface area contributed by atoms with E-state index in [4.69, 9.17) is 10.00 Å². The number of hydrogen-bond acceptors (Lipinski definition) is 3. The Balaban J connectivity index is 2.21. The molecule has 4 heteroatoms. The highest BCUT2D eigenvalue weighted by molar-refractivity contribution is 5.24. The predicted molar refractivity (Wildman–Crippen MR) is 54.4 cm³/mol. The molecule has 1 saturated heterocycles. The summed E-state index contributed by atoms with van der Waals surface area (Å²) in [6.45, 7) is 1.33. The minimum Gasteiger partial charge on any atom is -0.376 e. The van der Waals surface area contributed by atoms with Crippen LogP contribution < -0.4 is 5.56 Å². The van der Waals surface area contributed by atoms with Crippen LogP contribution in [-0.2, 0) is 11.3 Å². The van der Waals surface area contributed by atoms with Crippen molar-refractivity contribution in [2.24, 2.45) is 0 Å². The Bertz CT molecular complexity index is 439. The summed E-state index contributed by atoms with van der Waals surface area (Å²) in [6, 6.07) is 5.14. The zero-order chi connectivity index (χ0) is 10.7. The summed E-state index contributed by atoms with van der Waals surface area (Å²) in [5, 5.41) is 8.71. The van der Waals surface area contributed by atoms with Crippen molar-refractivity contribution >= 4 is 0 Å². The topological polar surface area (TPSA) is 55.0 Å². The third-order valence-electron chi connectivity index (χ3n) is 2.56. The molecule has 4 nitrogen and oxygen atoms in total. The van der Waals surface area contributed by atoms with Gasteiger partial charge < -0.3 is 9.30 Å². The predicted octanol–water partition coefficient (Wildman–Crippen LogP) is 0.899. The number of rotatable bonds is 2. The van der Waals surface area contributed by atoms with Gasteiger partial charge in [0.25, 0.3) is 5.56 Å². The second kappa shape index (κ2) is 4.28. The van der Waals surface area contributed by atoms with E-state index in [1.165, 1.54) is 6.07 Å². The molecule has 78 valence electrons. The molecule has 0 bridgehead atoms. The summed E-state index contributed by atoms with van der Waals surface area (Å²) in [5.74, 6) is 0. The molecule has 1 fully saturated rings. The van der Waals surface area contributed by atoms with Gasteiger partial charge in [-0.15, -0.1) is 0 Å². The lowest BCUT2D eigenvalue weighted by molar-refractivity contribution is 0.0961. The molecule has 2 rings (SSSR count). The van der Waals surface area contributed by atoms with E-state index in [-0.39, 0.29) is 17.2 Å². The van der Waals surface area contributed by atoms with Crippen LogP contribution in [0.1, 0.15) is 18.4 Å². The lowest BCUT2D eigenvalue weighted by atomic mass is 10.2. The van der Waals surface area contributed by atoms with Crippen LogP contribution in [0.3, 0.4) is 0 Å². The molecule has 1 aliphatic heterocycles. The van der Waals surface area contributed by atoms with Gasteiger partial charge in [-0.2, -0.15) is 5.26 Å². The molecule has 0 spiro atoms. The Morgan fingerprint density at radius 2 is 2.53 bits per heavy atom. The third-order valence-corrected chi connectivity index (χ3v) is 2.56. The average molecular weight is 204 g/mol. The lowest BCUT2D eigenvalue weighted by Gasteiger charge is -2.11. The van der Waals surface area contributed by atoms with E-state index >= 15 is 0 Å². The standard InChI is InChI=1S/C11H12N2O2/c12-7-9-3-1-5-13(11(9)14)8-10-4-2-6-15-10/h1,3,5,10H,2,4,6,8H2. The number of pyridine rings is 1. The fraction of sp³-hybridized carbons (Fsp3) is 0.455. The maximum Gasteiger partial charge on any atom is 0.268 e. The highest BCUT2D eigenvalue weighted by Crippen LogP contribution is 2.13. The van der Waals surface area contributed by atoms with Crippen molar-refractivity contribution in [1.82, 2.24) is 4.57 Å². The fourth-order valence-electron chi connectivity index (χ4n) is 1.77. The number of hydrogen-bond donors (Lipinski definition) is 0. The van der Waals surface area contributed by atoms with E-state index in [1.54, 1.807) is 16.8 Å². The Hall–Kier alpha value is -1.60. The van der Waals surface area contributed by atoms with Crippen molar-refractivity contribution in [2.75, 3.05) is 6.61 Å². The van der Waals surface area contributed by atoms with Crippen LogP contribution in [0.15, 0.2) is 23.1 Å². The van der Waals surface area contributed by atoms with Gasteiger partial charge in [-0.25, -0.2) is 0 Å². The minimum absolute atomic E-state index is 0.122. The van der Waals surface area contributed by atoms with Crippen molar-refractivity contribution in [3.8, 4) is 6.07 Å². The number of nitriles is 1. The molecule has 0 N–H and O–H groups in total. The summed E-state index contributed by atoms with van der Waals surface area (Å²) >= 11 is 0. The number of aromatic nitrogens is 1. The highest BCUT2D eigenvalue weighted by atomic mass is 16.5. The van der Waals surface area contributed by atoms with E-state index in [0.29, 0.717) is 6.54 Å². The maximum atomic E-state index is 11.7. The molecule has 1 unspecified atom stereocenters. The molecule has 15 heavy (non-hydrogen) atoms. The lowest BCUT2D eigenvalue weighted by Crippen LogP contribution is -2.27. The quantitative estimate of drug-likeness (QED) is 0.719. The molecule has 0 saturated carbocycles. The Kier molecular flexibility index (Phi) is 2.84. The van der Waals surface area contributed by atoms with E-state index in [2.05, 4.69) is 0 Å². The van der Waals surface area contributed by atoms with Crippen LogP contribution in [0, 0.1) is 11.3 Å². The first kappa shape index (κ1) is 9.94. The molecular formula is C11H12N2O2. The van der Waals surface area contributed by atoms with Gasteiger partial charge in [0.2, 0.25) is 0 Å². The number of ether oxygens (including phenoxy) is 1. The van der Waals surface area contributed by atoms with Gasteiger partial charge in [-0.05, 0) is 25.0 Å². The van der Waals surface area contributed by atoms with Crippen molar-refractivity contribution in [3.05, 3.63) is 34.2 Å². The maximum absolute atomic E-state index is 11.7. The molecule has 1 aromatic rings. The molecule has 1 atom stereocenters. The van der Waals surface area contributed by atoms with E-state index in [0.717, 1.165) is 19.4 Å². The normalized spacial score (nSPS) is 20.1. The zero-order valence-electron chi connectivity index (χ0n) is 8.35. The van der Waals surface area contributed by atoms with Gasteiger partial charge in [0.05, 0.1) is 12.6 Å². The molecule has 1 aliphatic rings. The van der Waals surface area contributed by atoms with Gasteiger partial charge in [0.15, 0.2) is 0 Å². The molecule has 0 aromatic carbocycles.